The average Bonchev–Trinajstić information content (AvgIpc) is 2.91. The second-order valence-electron chi connectivity index (χ2n) is 6.46. The van der Waals surface area contributed by atoms with Gasteiger partial charge in [-0.3, -0.25) is 9.69 Å². The molecule has 4 nitrogen and oxygen atoms in total. The number of nitrogens with one attached hydrogen (secondary N) is 1. The molecule has 0 saturated carbocycles. The van der Waals surface area contributed by atoms with Gasteiger partial charge in [0, 0.05) is 28.0 Å². The lowest BCUT2D eigenvalue weighted by Gasteiger charge is -2.27. The summed E-state index contributed by atoms with van der Waals surface area (Å²) in [6, 6.07) is 17.2. The molecule has 26 heavy (non-hydrogen) atoms. The first-order chi connectivity index (χ1) is 12.5. The molecule has 0 spiro atoms. The molecule has 3 aromatic rings. The summed E-state index contributed by atoms with van der Waals surface area (Å²) >= 11 is 6.17. The van der Waals surface area contributed by atoms with E-state index in [2.05, 4.69) is 10.3 Å². The van der Waals surface area contributed by atoms with Crippen LogP contribution in [0.1, 0.15) is 33.2 Å². The Labute approximate surface area is 157 Å². The predicted octanol–water partition coefficient (Wildman–Crippen LogP) is 5.12. The minimum Gasteiger partial charge on any atom is -0.361 e. The summed E-state index contributed by atoms with van der Waals surface area (Å²) in [6.45, 7) is 4.00. The highest BCUT2D eigenvalue weighted by atomic mass is 35.5. The summed E-state index contributed by atoms with van der Waals surface area (Å²) in [6.07, 6.45) is 1.38. The van der Waals surface area contributed by atoms with Crippen molar-refractivity contribution in [2.75, 3.05) is 10.2 Å². The first-order valence-electron chi connectivity index (χ1n) is 8.42. The van der Waals surface area contributed by atoms with E-state index >= 15 is 0 Å². The second-order valence-corrected chi connectivity index (χ2v) is 6.90. The molecule has 0 radical (unpaired) electrons. The molecule has 2 heterocycles. The van der Waals surface area contributed by atoms with E-state index in [1.807, 2.05) is 68.4 Å². The number of pyridine rings is 1. The van der Waals surface area contributed by atoms with Crippen molar-refractivity contribution in [3.05, 3.63) is 88.1 Å². The first-order valence-corrected chi connectivity index (χ1v) is 8.80. The van der Waals surface area contributed by atoms with Crippen LogP contribution in [-0.2, 0) is 0 Å². The van der Waals surface area contributed by atoms with Crippen molar-refractivity contribution in [2.45, 2.75) is 20.0 Å². The van der Waals surface area contributed by atoms with Crippen LogP contribution in [0.3, 0.4) is 0 Å². The van der Waals surface area contributed by atoms with Crippen LogP contribution in [0.4, 0.5) is 11.5 Å². The third-order valence-electron chi connectivity index (χ3n) is 4.60. The average molecular weight is 364 g/mol. The molecule has 1 aromatic heterocycles. The van der Waals surface area contributed by atoms with Crippen LogP contribution >= 0.6 is 11.6 Å². The third kappa shape index (κ3) is 2.82. The van der Waals surface area contributed by atoms with E-state index in [-0.39, 0.29) is 12.1 Å². The predicted molar refractivity (Wildman–Crippen MR) is 105 cm³/mol. The number of carbonyl (C=O) groups is 1. The molecule has 1 N–H and O–H groups in total. The highest BCUT2D eigenvalue weighted by Crippen LogP contribution is 2.38. The number of hydrogen-bond donors (Lipinski definition) is 1. The van der Waals surface area contributed by atoms with E-state index in [1.54, 1.807) is 11.1 Å². The number of benzene rings is 2. The maximum atomic E-state index is 13.1. The Morgan fingerprint density at radius 2 is 1.88 bits per heavy atom. The normalized spacial score (nSPS) is 15.9. The maximum absolute atomic E-state index is 13.1. The van der Waals surface area contributed by atoms with Gasteiger partial charge in [0.15, 0.2) is 0 Å². The lowest BCUT2D eigenvalue weighted by atomic mass is 10.1. The van der Waals surface area contributed by atoms with Crippen molar-refractivity contribution in [3.63, 3.8) is 0 Å². The lowest BCUT2D eigenvalue weighted by Crippen LogP contribution is -2.33. The van der Waals surface area contributed by atoms with Crippen molar-refractivity contribution in [1.29, 1.82) is 0 Å². The minimum atomic E-state index is -0.342. The van der Waals surface area contributed by atoms with Gasteiger partial charge in [0.1, 0.15) is 12.0 Å². The number of halogens is 1. The number of aromatic nitrogens is 1. The summed E-state index contributed by atoms with van der Waals surface area (Å²) < 4.78 is 0. The van der Waals surface area contributed by atoms with Crippen LogP contribution in [0, 0.1) is 13.8 Å². The summed E-state index contributed by atoms with van der Waals surface area (Å²) in [5.41, 5.74) is 4.62. The molecule has 1 aliphatic rings. The van der Waals surface area contributed by atoms with E-state index in [4.69, 9.17) is 11.6 Å². The van der Waals surface area contributed by atoms with Crippen molar-refractivity contribution >= 4 is 29.0 Å². The van der Waals surface area contributed by atoms with Crippen molar-refractivity contribution < 1.29 is 4.79 Å². The first kappa shape index (κ1) is 16.6. The van der Waals surface area contributed by atoms with Crippen LogP contribution in [-0.4, -0.2) is 10.9 Å². The van der Waals surface area contributed by atoms with Gasteiger partial charge in [0.25, 0.3) is 5.91 Å². The Bertz CT molecular complexity index is 1000. The van der Waals surface area contributed by atoms with Gasteiger partial charge in [-0.15, -0.1) is 0 Å². The topological polar surface area (TPSA) is 45.2 Å². The van der Waals surface area contributed by atoms with E-state index < -0.39 is 0 Å². The molecule has 5 heteroatoms. The fourth-order valence-corrected chi connectivity index (χ4v) is 3.42. The fraction of sp³-hybridized carbons (Fsp3) is 0.143. The van der Waals surface area contributed by atoms with E-state index in [0.717, 1.165) is 22.4 Å². The number of hydrogen-bond acceptors (Lipinski definition) is 3. The largest absolute Gasteiger partial charge is 0.361 e. The van der Waals surface area contributed by atoms with Crippen LogP contribution in [0.25, 0.3) is 0 Å². The van der Waals surface area contributed by atoms with Gasteiger partial charge in [0.2, 0.25) is 0 Å². The fourth-order valence-electron chi connectivity index (χ4n) is 3.24. The Morgan fingerprint density at radius 3 is 2.69 bits per heavy atom. The van der Waals surface area contributed by atoms with Gasteiger partial charge in [-0.25, -0.2) is 4.98 Å². The summed E-state index contributed by atoms with van der Waals surface area (Å²) in [5.74, 6) is 0.569. The van der Waals surface area contributed by atoms with Crippen LogP contribution in [0.5, 0.6) is 0 Å². The number of anilines is 2. The van der Waals surface area contributed by atoms with Gasteiger partial charge in [-0.05, 0) is 55.3 Å². The molecule has 0 aliphatic carbocycles. The molecular weight excluding hydrogens is 346 g/mol. The number of aryl methyl sites for hydroxylation is 2. The molecule has 0 fully saturated rings. The highest BCUT2D eigenvalue weighted by molar-refractivity contribution is 6.30. The van der Waals surface area contributed by atoms with Crippen molar-refractivity contribution in [1.82, 2.24) is 4.98 Å². The van der Waals surface area contributed by atoms with Crippen molar-refractivity contribution in [2.24, 2.45) is 0 Å². The molecule has 2 aromatic carbocycles. The minimum absolute atomic E-state index is 0.0594. The lowest BCUT2D eigenvalue weighted by molar-refractivity contribution is 0.0992. The number of amides is 1. The van der Waals surface area contributed by atoms with Crippen molar-refractivity contribution in [3.8, 4) is 0 Å². The number of nitrogens with zero attached hydrogens (tertiary/aromatic N) is 2. The monoisotopic (exact) mass is 363 g/mol. The zero-order chi connectivity index (χ0) is 18.3. The van der Waals surface area contributed by atoms with Gasteiger partial charge in [-0.2, -0.15) is 0 Å². The van der Waals surface area contributed by atoms with E-state index in [0.29, 0.717) is 16.4 Å². The van der Waals surface area contributed by atoms with Gasteiger partial charge in [0.05, 0.1) is 0 Å². The summed E-state index contributed by atoms with van der Waals surface area (Å²) in [4.78, 5) is 19.2. The summed E-state index contributed by atoms with van der Waals surface area (Å²) in [5, 5.41) is 4.13. The molecule has 0 bridgehead atoms. The third-order valence-corrected chi connectivity index (χ3v) is 4.84. The quantitative estimate of drug-likeness (QED) is 0.702. The summed E-state index contributed by atoms with van der Waals surface area (Å²) in [7, 11) is 0. The molecule has 4 rings (SSSR count). The SMILES string of the molecule is Cc1ccnc(N2C(=O)c3ccccc3[C@H]2Nc2cc(Cl)ccc2C)c1. The number of rotatable bonds is 3. The Balaban J connectivity index is 1.82. The van der Waals surface area contributed by atoms with Gasteiger partial charge >= 0.3 is 0 Å². The zero-order valence-corrected chi connectivity index (χ0v) is 15.3. The number of fused-ring (bicyclic) bond motifs is 1. The molecule has 1 aliphatic heterocycles. The highest BCUT2D eigenvalue weighted by Gasteiger charge is 2.38. The van der Waals surface area contributed by atoms with Crippen LogP contribution < -0.4 is 10.2 Å². The Hall–Kier alpha value is -2.85. The molecule has 1 atom stereocenters. The van der Waals surface area contributed by atoms with E-state index in [1.165, 1.54) is 0 Å². The van der Waals surface area contributed by atoms with Crippen LogP contribution in [0.2, 0.25) is 5.02 Å². The Kier molecular flexibility index (Phi) is 4.13. The molecular formula is C21H18ClN3O. The molecule has 0 saturated heterocycles. The second kappa shape index (κ2) is 6.46. The Morgan fingerprint density at radius 1 is 1.08 bits per heavy atom. The standard InChI is InChI=1S/C21H18ClN3O/c1-13-9-10-23-19(11-13)25-20(16-5-3-4-6-17(16)21(25)26)24-18-12-15(22)8-7-14(18)2/h3-12,20,24H,1-2H3/t20-/m0/s1. The van der Waals surface area contributed by atoms with Crippen LogP contribution in [0.15, 0.2) is 60.8 Å². The van der Waals surface area contributed by atoms with E-state index in [9.17, 15) is 4.79 Å². The number of carbonyl (C=O) groups excluding carboxylic acids is 1. The molecule has 130 valence electrons. The molecule has 0 unspecified atom stereocenters. The maximum Gasteiger partial charge on any atom is 0.261 e. The zero-order valence-electron chi connectivity index (χ0n) is 14.5. The van der Waals surface area contributed by atoms with Gasteiger partial charge in [-0.1, -0.05) is 35.9 Å². The smallest absolute Gasteiger partial charge is 0.261 e. The van der Waals surface area contributed by atoms with Gasteiger partial charge < -0.3 is 5.32 Å². The molecule has 1 amide bonds.